The van der Waals surface area contributed by atoms with Crippen LogP contribution in [-0.2, 0) is 19.6 Å². The molecule has 0 aliphatic heterocycles. The first-order valence-corrected chi connectivity index (χ1v) is 7.02. The van der Waals surface area contributed by atoms with Gasteiger partial charge in [0.05, 0.1) is 11.4 Å². The summed E-state index contributed by atoms with van der Waals surface area (Å²) in [6.45, 7) is 5.29. The number of aromatic carboxylic acids is 1. The number of hydrogen-bond acceptors (Lipinski definition) is 4. The Labute approximate surface area is 115 Å². The lowest BCUT2D eigenvalue weighted by Crippen LogP contribution is -2.05. The molecule has 19 heavy (non-hydrogen) atoms. The Hall–Kier alpha value is -1.82. The minimum Gasteiger partial charge on any atom is -0.486 e. The summed E-state index contributed by atoms with van der Waals surface area (Å²) in [5, 5.41) is 15.0. The van der Waals surface area contributed by atoms with Crippen LogP contribution >= 0.6 is 11.3 Å². The number of ether oxygens (including phenoxy) is 1. The van der Waals surface area contributed by atoms with Crippen LogP contribution in [0.1, 0.15) is 34.9 Å². The zero-order valence-corrected chi connectivity index (χ0v) is 11.7. The number of aromatic nitrogens is 2. The molecule has 1 N–H and O–H groups in total. The van der Waals surface area contributed by atoms with Crippen LogP contribution in [0, 0.1) is 0 Å². The fourth-order valence-corrected chi connectivity index (χ4v) is 2.41. The smallest absolute Gasteiger partial charge is 0.346 e. The molecule has 2 aromatic rings. The van der Waals surface area contributed by atoms with Crippen molar-refractivity contribution < 1.29 is 14.6 Å². The summed E-state index contributed by atoms with van der Waals surface area (Å²) in [4.78, 5) is 11.1. The van der Waals surface area contributed by atoms with Crippen LogP contribution in [0.3, 0.4) is 0 Å². The minimum atomic E-state index is -0.924. The molecular formula is C13H16N2O3S. The summed E-state index contributed by atoms with van der Waals surface area (Å²) < 4.78 is 7.52. The molecule has 0 aromatic carbocycles. The van der Waals surface area contributed by atoms with Crippen molar-refractivity contribution in [2.24, 2.45) is 0 Å². The standard InChI is InChI=1S/C13H16N2O3S/c1-3-9-5-10(15(4-2)14-9)7-18-11-6-12(13(16)17)19-8-11/h5-6,8H,3-4,7H2,1-2H3,(H,16,17). The van der Waals surface area contributed by atoms with E-state index in [9.17, 15) is 4.79 Å². The number of thiophene rings is 1. The molecule has 0 saturated heterocycles. The molecule has 0 unspecified atom stereocenters. The van der Waals surface area contributed by atoms with Crippen molar-refractivity contribution in [3.63, 3.8) is 0 Å². The monoisotopic (exact) mass is 280 g/mol. The van der Waals surface area contributed by atoms with Crippen LogP contribution in [0.25, 0.3) is 0 Å². The van der Waals surface area contributed by atoms with Gasteiger partial charge >= 0.3 is 5.97 Å². The Balaban J connectivity index is 2.05. The first kappa shape index (κ1) is 13.6. The van der Waals surface area contributed by atoms with Crippen molar-refractivity contribution in [2.75, 3.05) is 0 Å². The number of carboxylic acid groups (broad SMARTS) is 1. The zero-order chi connectivity index (χ0) is 13.8. The quantitative estimate of drug-likeness (QED) is 0.883. The fourth-order valence-electron chi connectivity index (χ4n) is 1.74. The topological polar surface area (TPSA) is 64.3 Å². The maximum Gasteiger partial charge on any atom is 0.346 e. The van der Waals surface area contributed by atoms with Crippen molar-refractivity contribution in [3.05, 3.63) is 33.8 Å². The van der Waals surface area contributed by atoms with Crippen LogP contribution in [0.2, 0.25) is 0 Å². The van der Waals surface area contributed by atoms with Crippen molar-refractivity contribution in [1.82, 2.24) is 9.78 Å². The molecule has 0 spiro atoms. The Morgan fingerprint density at radius 1 is 1.47 bits per heavy atom. The lowest BCUT2D eigenvalue weighted by atomic mass is 10.3. The molecule has 6 heteroatoms. The molecule has 2 rings (SSSR count). The van der Waals surface area contributed by atoms with E-state index in [4.69, 9.17) is 9.84 Å². The highest BCUT2D eigenvalue weighted by Gasteiger charge is 2.10. The van der Waals surface area contributed by atoms with Crippen LogP contribution in [0.4, 0.5) is 0 Å². The SMILES string of the molecule is CCc1cc(COc2csc(C(=O)O)c2)n(CC)n1. The molecule has 0 fully saturated rings. The highest BCUT2D eigenvalue weighted by Crippen LogP contribution is 2.22. The third kappa shape index (κ3) is 3.14. The van der Waals surface area contributed by atoms with Gasteiger partial charge in [-0.15, -0.1) is 11.3 Å². The molecule has 0 radical (unpaired) electrons. The number of aryl methyl sites for hydroxylation is 2. The van der Waals surface area contributed by atoms with E-state index in [1.54, 1.807) is 11.4 Å². The Morgan fingerprint density at radius 2 is 2.26 bits per heavy atom. The molecule has 0 bridgehead atoms. The van der Waals surface area contributed by atoms with E-state index in [2.05, 4.69) is 12.0 Å². The van der Waals surface area contributed by atoms with Gasteiger partial charge in [-0.05, 0) is 19.4 Å². The molecule has 0 atom stereocenters. The number of carbonyl (C=O) groups is 1. The molecule has 0 saturated carbocycles. The zero-order valence-electron chi connectivity index (χ0n) is 10.9. The van der Waals surface area contributed by atoms with Crippen molar-refractivity contribution in [1.29, 1.82) is 0 Å². The number of nitrogens with zero attached hydrogens (tertiary/aromatic N) is 2. The van der Waals surface area contributed by atoms with Gasteiger partial charge in [-0.1, -0.05) is 6.92 Å². The fraction of sp³-hybridized carbons (Fsp3) is 0.385. The maximum absolute atomic E-state index is 10.8. The third-order valence-corrected chi connectivity index (χ3v) is 3.65. The van der Waals surface area contributed by atoms with Crippen LogP contribution in [-0.4, -0.2) is 20.9 Å². The summed E-state index contributed by atoms with van der Waals surface area (Å²) in [7, 11) is 0. The summed E-state index contributed by atoms with van der Waals surface area (Å²) in [6.07, 6.45) is 0.890. The molecule has 2 heterocycles. The van der Waals surface area contributed by atoms with Crippen molar-refractivity contribution in [3.8, 4) is 5.75 Å². The second-order valence-corrected chi connectivity index (χ2v) is 4.95. The number of carboxylic acids is 1. The summed E-state index contributed by atoms with van der Waals surface area (Å²) in [5.74, 6) is -0.337. The first-order valence-electron chi connectivity index (χ1n) is 6.14. The van der Waals surface area contributed by atoms with Gasteiger partial charge in [-0.3, -0.25) is 4.68 Å². The van der Waals surface area contributed by atoms with E-state index in [0.717, 1.165) is 24.4 Å². The maximum atomic E-state index is 10.8. The molecule has 0 amide bonds. The average Bonchev–Trinajstić information content (AvgIpc) is 3.02. The first-order chi connectivity index (χ1) is 9.13. The Kier molecular flexibility index (Phi) is 4.21. The minimum absolute atomic E-state index is 0.285. The predicted octanol–water partition coefficient (Wildman–Crippen LogP) is 2.80. The van der Waals surface area contributed by atoms with Crippen molar-refractivity contribution >= 4 is 17.3 Å². The molecule has 0 aliphatic carbocycles. The lowest BCUT2D eigenvalue weighted by molar-refractivity contribution is 0.0702. The molecule has 5 nitrogen and oxygen atoms in total. The molecular weight excluding hydrogens is 264 g/mol. The number of hydrogen-bond donors (Lipinski definition) is 1. The van der Waals surface area contributed by atoms with Gasteiger partial charge in [0.1, 0.15) is 17.2 Å². The van der Waals surface area contributed by atoms with Gasteiger partial charge in [-0.2, -0.15) is 5.10 Å². The van der Waals surface area contributed by atoms with Crippen molar-refractivity contribution in [2.45, 2.75) is 33.4 Å². The summed E-state index contributed by atoms with van der Waals surface area (Å²) in [5.41, 5.74) is 2.04. The summed E-state index contributed by atoms with van der Waals surface area (Å²) in [6, 6.07) is 3.56. The van der Waals surface area contributed by atoms with Crippen LogP contribution in [0.5, 0.6) is 5.75 Å². The van der Waals surface area contributed by atoms with Gasteiger partial charge in [0.2, 0.25) is 0 Å². The summed E-state index contributed by atoms with van der Waals surface area (Å²) >= 11 is 1.17. The molecule has 102 valence electrons. The highest BCUT2D eigenvalue weighted by atomic mass is 32.1. The molecule has 0 aliphatic rings. The van der Waals surface area contributed by atoms with Gasteiger partial charge in [-0.25, -0.2) is 4.79 Å². The highest BCUT2D eigenvalue weighted by molar-refractivity contribution is 7.12. The van der Waals surface area contributed by atoms with Crippen LogP contribution in [0.15, 0.2) is 17.5 Å². The van der Waals surface area contributed by atoms with E-state index in [1.807, 2.05) is 17.7 Å². The second-order valence-electron chi connectivity index (χ2n) is 4.04. The van der Waals surface area contributed by atoms with Gasteiger partial charge < -0.3 is 9.84 Å². The second kappa shape index (κ2) is 5.88. The normalized spacial score (nSPS) is 10.6. The van der Waals surface area contributed by atoms with Gasteiger partial charge in [0.15, 0.2) is 0 Å². The van der Waals surface area contributed by atoms with E-state index < -0.39 is 5.97 Å². The Bertz CT molecular complexity index is 574. The van der Waals surface area contributed by atoms with E-state index in [-0.39, 0.29) is 4.88 Å². The lowest BCUT2D eigenvalue weighted by Gasteiger charge is -2.05. The Morgan fingerprint density at radius 3 is 2.84 bits per heavy atom. The largest absolute Gasteiger partial charge is 0.486 e. The third-order valence-electron chi connectivity index (χ3n) is 2.75. The average molecular weight is 280 g/mol. The molecule has 2 aromatic heterocycles. The number of rotatable bonds is 6. The predicted molar refractivity (Wildman–Crippen MR) is 72.9 cm³/mol. The van der Waals surface area contributed by atoms with Crippen LogP contribution < -0.4 is 4.74 Å². The van der Waals surface area contributed by atoms with E-state index >= 15 is 0 Å². The van der Waals surface area contributed by atoms with E-state index in [0.29, 0.717) is 12.4 Å². The van der Waals surface area contributed by atoms with E-state index in [1.165, 1.54) is 11.3 Å². The van der Waals surface area contributed by atoms with Gasteiger partial charge in [0, 0.05) is 18.0 Å². The van der Waals surface area contributed by atoms with Gasteiger partial charge in [0.25, 0.3) is 0 Å².